The lowest BCUT2D eigenvalue weighted by Crippen LogP contribution is -2.37. The van der Waals surface area contributed by atoms with Gasteiger partial charge in [-0.3, -0.25) is 9.89 Å². The first-order chi connectivity index (χ1) is 9.44. The third-order valence-electron chi connectivity index (χ3n) is 3.76. The molecule has 0 atom stereocenters. The maximum absolute atomic E-state index is 12.0. The van der Waals surface area contributed by atoms with Gasteiger partial charge in [0.2, 0.25) is 15.9 Å². The summed E-state index contributed by atoms with van der Waals surface area (Å²) in [5, 5.41) is 7.09. The Morgan fingerprint density at radius 1 is 1.50 bits per heavy atom. The number of nitrogens with one attached hydrogen (secondary N) is 2. The number of aromatic nitrogens is 2. The SMILES string of the molecule is CS(=O)(=O)NCc1n[nH]c2c1CCN(C(=O)C1CC1)C2. The van der Waals surface area contributed by atoms with Crippen LogP contribution in [0.5, 0.6) is 0 Å². The second-order valence-electron chi connectivity index (χ2n) is 5.50. The van der Waals surface area contributed by atoms with Crippen LogP contribution in [0.25, 0.3) is 0 Å². The third kappa shape index (κ3) is 2.85. The Morgan fingerprint density at radius 2 is 2.25 bits per heavy atom. The van der Waals surface area contributed by atoms with Crippen LogP contribution < -0.4 is 4.72 Å². The molecule has 2 N–H and O–H groups in total. The number of sulfonamides is 1. The van der Waals surface area contributed by atoms with Crippen LogP contribution in [-0.4, -0.2) is 42.2 Å². The minimum Gasteiger partial charge on any atom is -0.336 e. The Bertz CT molecular complexity index is 633. The molecule has 0 spiro atoms. The zero-order valence-corrected chi connectivity index (χ0v) is 12.2. The highest BCUT2D eigenvalue weighted by atomic mass is 32.2. The molecule has 3 rings (SSSR count). The monoisotopic (exact) mass is 298 g/mol. The number of carbonyl (C=O) groups is 1. The van der Waals surface area contributed by atoms with Crippen molar-refractivity contribution in [2.45, 2.75) is 32.4 Å². The summed E-state index contributed by atoms with van der Waals surface area (Å²) >= 11 is 0. The lowest BCUT2D eigenvalue weighted by atomic mass is 10.0. The molecule has 2 aliphatic rings. The first kappa shape index (κ1) is 13.6. The predicted octanol–water partition coefficient (Wildman–Crippen LogP) is -0.246. The van der Waals surface area contributed by atoms with E-state index in [4.69, 9.17) is 0 Å². The summed E-state index contributed by atoms with van der Waals surface area (Å²) in [4.78, 5) is 13.9. The van der Waals surface area contributed by atoms with Crippen LogP contribution in [0.4, 0.5) is 0 Å². The van der Waals surface area contributed by atoms with Crippen molar-refractivity contribution in [1.29, 1.82) is 0 Å². The van der Waals surface area contributed by atoms with Gasteiger partial charge in [-0.1, -0.05) is 0 Å². The first-order valence-corrected chi connectivity index (χ1v) is 8.61. The maximum atomic E-state index is 12.0. The van der Waals surface area contributed by atoms with Gasteiger partial charge < -0.3 is 4.90 Å². The van der Waals surface area contributed by atoms with E-state index in [2.05, 4.69) is 14.9 Å². The zero-order chi connectivity index (χ0) is 14.3. The van der Waals surface area contributed by atoms with E-state index in [0.29, 0.717) is 13.1 Å². The van der Waals surface area contributed by atoms with Crippen molar-refractivity contribution in [3.8, 4) is 0 Å². The Morgan fingerprint density at radius 3 is 2.90 bits per heavy atom. The molecule has 0 saturated heterocycles. The molecule has 2 heterocycles. The highest BCUT2D eigenvalue weighted by Gasteiger charge is 2.35. The van der Waals surface area contributed by atoms with Crippen LogP contribution in [0.1, 0.15) is 29.8 Å². The van der Waals surface area contributed by atoms with E-state index in [9.17, 15) is 13.2 Å². The summed E-state index contributed by atoms with van der Waals surface area (Å²) in [5.74, 6) is 0.465. The van der Waals surface area contributed by atoms with Gasteiger partial charge in [0.25, 0.3) is 0 Å². The average Bonchev–Trinajstić information content (AvgIpc) is 3.15. The molecule has 110 valence electrons. The molecule has 1 fully saturated rings. The lowest BCUT2D eigenvalue weighted by Gasteiger charge is -2.27. The summed E-state index contributed by atoms with van der Waals surface area (Å²) in [6.45, 7) is 1.44. The van der Waals surface area contributed by atoms with Crippen molar-refractivity contribution in [1.82, 2.24) is 19.8 Å². The largest absolute Gasteiger partial charge is 0.336 e. The van der Waals surface area contributed by atoms with Crippen LogP contribution >= 0.6 is 0 Å². The summed E-state index contributed by atoms with van der Waals surface area (Å²) in [7, 11) is -3.22. The van der Waals surface area contributed by atoms with Crippen molar-refractivity contribution < 1.29 is 13.2 Å². The molecular formula is C12H18N4O3S. The van der Waals surface area contributed by atoms with Crippen LogP contribution in [-0.2, 0) is 34.3 Å². The first-order valence-electron chi connectivity index (χ1n) is 6.72. The molecule has 0 aromatic carbocycles. The Balaban J connectivity index is 1.69. The molecule has 0 unspecified atom stereocenters. The fourth-order valence-corrected chi connectivity index (χ4v) is 2.91. The predicted molar refractivity (Wildman–Crippen MR) is 72.1 cm³/mol. The van der Waals surface area contributed by atoms with Gasteiger partial charge >= 0.3 is 0 Å². The van der Waals surface area contributed by atoms with Gasteiger partial charge in [0.05, 0.1) is 30.7 Å². The Labute approximate surface area is 117 Å². The summed E-state index contributed by atoms with van der Waals surface area (Å²) in [5.41, 5.74) is 2.69. The van der Waals surface area contributed by atoms with E-state index in [0.717, 1.165) is 42.5 Å². The van der Waals surface area contributed by atoms with Crippen LogP contribution in [0.3, 0.4) is 0 Å². The topological polar surface area (TPSA) is 95.2 Å². The van der Waals surface area contributed by atoms with Crippen molar-refractivity contribution in [2.75, 3.05) is 12.8 Å². The molecule has 1 amide bonds. The average molecular weight is 298 g/mol. The molecule has 1 aromatic rings. The summed E-state index contributed by atoms with van der Waals surface area (Å²) < 4.78 is 24.7. The van der Waals surface area contributed by atoms with E-state index in [1.165, 1.54) is 0 Å². The van der Waals surface area contributed by atoms with Gasteiger partial charge in [-0.05, 0) is 19.3 Å². The van der Waals surface area contributed by atoms with Crippen LogP contribution in [0.15, 0.2) is 0 Å². The molecule has 0 radical (unpaired) electrons. The van der Waals surface area contributed by atoms with Gasteiger partial charge in [0.15, 0.2) is 0 Å². The number of aromatic amines is 1. The number of hydrogen-bond donors (Lipinski definition) is 2. The third-order valence-corrected chi connectivity index (χ3v) is 4.43. The molecule has 20 heavy (non-hydrogen) atoms. The Hall–Kier alpha value is -1.41. The number of amides is 1. The number of fused-ring (bicyclic) bond motifs is 1. The van der Waals surface area contributed by atoms with Crippen molar-refractivity contribution in [2.24, 2.45) is 5.92 Å². The minimum atomic E-state index is -3.22. The standard InChI is InChI=1S/C12H18N4O3S/c1-20(18,19)13-6-10-9-4-5-16(7-11(9)15-14-10)12(17)8-2-3-8/h8,13H,2-7H2,1H3,(H,14,15). The summed E-state index contributed by atoms with van der Waals surface area (Å²) in [6.07, 6.45) is 3.87. The number of hydrogen-bond acceptors (Lipinski definition) is 4. The zero-order valence-electron chi connectivity index (χ0n) is 11.3. The number of carbonyl (C=O) groups excluding carboxylic acids is 1. The van der Waals surface area contributed by atoms with E-state index < -0.39 is 10.0 Å². The summed E-state index contributed by atoms with van der Waals surface area (Å²) in [6, 6.07) is 0. The fourth-order valence-electron chi connectivity index (χ4n) is 2.51. The molecule has 1 aliphatic heterocycles. The Kier molecular flexibility index (Phi) is 3.29. The molecule has 1 aromatic heterocycles. The van der Waals surface area contributed by atoms with Gasteiger partial charge in [-0.25, -0.2) is 13.1 Å². The van der Waals surface area contributed by atoms with Crippen molar-refractivity contribution in [3.05, 3.63) is 17.0 Å². The van der Waals surface area contributed by atoms with E-state index in [-0.39, 0.29) is 18.4 Å². The molecule has 8 heteroatoms. The van der Waals surface area contributed by atoms with Crippen molar-refractivity contribution in [3.63, 3.8) is 0 Å². The number of rotatable bonds is 4. The van der Waals surface area contributed by atoms with Crippen LogP contribution in [0, 0.1) is 5.92 Å². The smallest absolute Gasteiger partial charge is 0.226 e. The van der Waals surface area contributed by atoms with Gasteiger partial charge in [-0.2, -0.15) is 5.10 Å². The molecule has 1 saturated carbocycles. The normalized spacial score (nSPS) is 18.9. The highest BCUT2D eigenvalue weighted by Crippen LogP contribution is 2.32. The maximum Gasteiger partial charge on any atom is 0.226 e. The number of nitrogens with zero attached hydrogens (tertiary/aromatic N) is 2. The van der Waals surface area contributed by atoms with Gasteiger partial charge in [0.1, 0.15) is 0 Å². The minimum absolute atomic E-state index is 0.196. The van der Waals surface area contributed by atoms with Crippen molar-refractivity contribution >= 4 is 15.9 Å². The molecule has 0 bridgehead atoms. The van der Waals surface area contributed by atoms with E-state index >= 15 is 0 Å². The highest BCUT2D eigenvalue weighted by molar-refractivity contribution is 7.88. The quantitative estimate of drug-likeness (QED) is 0.801. The fraction of sp³-hybridized carbons (Fsp3) is 0.667. The lowest BCUT2D eigenvalue weighted by molar-refractivity contribution is -0.133. The second-order valence-corrected chi connectivity index (χ2v) is 7.34. The van der Waals surface area contributed by atoms with Gasteiger partial charge in [-0.15, -0.1) is 0 Å². The molecular weight excluding hydrogens is 280 g/mol. The molecule has 7 nitrogen and oxygen atoms in total. The second kappa shape index (κ2) is 4.85. The number of H-pyrrole nitrogens is 1. The van der Waals surface area contributed by atoms with E-state index in [1.807, 2.05) is 4.90 Å². The molecule has 1 aliphatic carbocycles. The van der Waals surface area contributed by atoms with Gasteiger partial charge in [0, 0.05) is 18.0 Å². The van der Waals surface area contributed by atoms with Crippen LogP contribution in [0.2, 0.25) is 0 Å². The van der Waals surface area contributed by atoms with E-state index in [1.54, 1.807) is 0 Å².